The number of hydrogen-bond acceptors (Lipinski definition) is 2. The Bertz CT molecular complexity index is 247. The molecule has 1 rings (SSSR count). The summed E-state index contributed by atoms with van der Waals surface area (Å²) in [6.45, 7) is 9.68. The molecule has 3 nitrogen and oxygen atoms in total. The molecule has 0 aromatic rings. The maximum Gasteiger partial charge on any atom is 0.223 e. The molecule has 17 heavy (non-hydrogen) atoms. The molecule has 1 aliphatic rings. The summed E-state index contributed by atoms with van der Waals surface area (Å²) < 4.78 is 0. The molecule has 1 fully saturated rings. The van der Waals surface area contributed by atoms with Crippen molar-refractivity contribution in [2.75, 3.05) is 33.7 Å². The van der Waals surface area contributed by atoms with E-state index in [2.05, 4.69) is 25.7 Å². The van der Waals surface area contributed by atoms with Gasteiger partial charge in [0.15, 0.2) is 0 Å². The molecular weight excluding hydrogens is 212 g/mol. The molecule has 100 valence electrons. The fourth-order valence-electron chi connectivity index (χ4n) is 2.47. The van der Waals surface area contributed by atoms with Crippen LogP contribution in [0.3, 0.4) is 0 Å². The number of likely N-dealkylation sites (tertiary alicyclic amines) is 1. The van der Waals surface area contributed by atoms with Crippen molar-refractivity contribution in [1.29, 1.82) is 0 Å². The molecule has 0 saturated carbocycles. The first kappa shape index (κ1) is 14.5. The van der Waals surface area contributed by atoms with Gasteiger partial charge in [-0.2, -0.15) is 0 Å². The van der Waals surface area contributed by atoms with Crippen LogP contribution < -0.4 is 0 Å². The van der Waals surface area contributed by atoms with Crippen LogP contribution in [0, 0.1) is 11.3 Å². The van der Waals surface area contributed by atoms with E-state index in [1.54, 1.807) is 0 Å². The molecule has 0 N–H and O–H groups in total. The minimum absolute atomic E-state index is 0.325. The maximum absolute atomic E-state index is 12.0. The van der Waals surface area contributed by atoms with Gasteiger partial charge in [0.25, 0.3) is 0 Å². The van der Waals surface area contributed by atoms with Gasteiger partial charge < -0.3 is 9.80 Å². The largest absolute Gasteiger partial charge is 0.343 e. The van der Waals surface area contributed by atoms with Gasteiger partial charge in [-0.15, -0.1) is 0 Å². The first-order chi connectivity index (χ1) is 7.80. The summed E-state index contributed by atoms with van der Waals surface area (Å²) in [6.07, 6.45) is 2.99. The fraction of sp³-hybridized carbons (Fsp3) is 0.929. The molecule has 1 aliphatic heterocycles. The molecule has 0 aliphatic carbocycles. The monoisotopic (exact) mass is 240 g/mol. The minimum Gasteiger partial charge on any atom is -0.343 e. The van der Waals surface area contributed by atoms with Gasteiger partial charge >= 0.3 is 0 Å². The number of carbonyl (C=O) groups is 1. The van der Waals surface area contributed by atoms with Crippen molar-refractivity contribution < 1.29 is 4.79 Å². The summed E-state index contributed by atoms with van der Waals surface area (Å²) >= 11 is 0. The van der Waals surface area contributed by atoms with Gasteiger partial charge in [0.2, 0.25) is 5.91 Å². The third-order valence-corrected chi connectivity index (χ3v) is 3.85. The van der Waals surface area contributed by atoms with Gasteiger partial charge in [0.05, 0.1) is 0 Å². The number of amides is 1. The summed E-state index contributed by atoms with van der Waals surface area (Å²) in [5.74, 6) is 1.09. The van der Waals surface area contributed by atoms with E-state index < -0.39 is 0 Å². The Morgan fingerprint density at radius 3 is 2.18 bits per heavy atom. The number of rotatable bonds is 3. The minimum atomic E-state index is 0.325. The van der Waals surface area contributed by atoms with Gasteiger partial charge in [-0.05, 0) is 38.3 Å². The number of carbonyl (C=O) groups excluding carboxylic acids is 1. The normalized spacial score (nSPS) is 18.8. The predicted octanol–water partition coefficient (Wildman–Crippen LogP) is 2.22. The average Bonchev–Trinajstić information content (AvgIpc) is 2.25. The second-order valence-corrected chi connectivity index (χ2v) is 6.57. The lowest BCUT2D eigenvalue weighted by molar-refractivity contribution is -0.133. The van der Waals surface area contributed by atoms with E-state index in [4.69, 9.17) is 0 Å². The highest BCUT2D eigenvalue weighted by atomic mass is 16.2. The molecule has 0 atom stereocenters. The van der Waals surface area contributed by atoms with Crippen molar-refractivity contribution in [3.63, 3.8) is 0 Å². The van der Waals surface area contributed by atoms with Crippen LogP contribution in [-0.4, -0.2) is 49.4 Å². The zero-order valence-electron chi connectivity index (χ0n) is 12.1. The van der Waals surface area contributed by atoms with E-state index in [9.17, 15) is 4.79 Å². The first-order valence-corrected chi connectivity index (χ1v) is 6.73. The predicted molar refractivity (Wildman–Crippen MR) is 71.9 cm³/mol. The summed E-state index contributed by atoms with van der Waals surface area (Å²) in [5, 5.41) is 0. The summed E-state index contributed by atoms with van der Waals surface area (Å²) in [7, 11) is 4.03. The Morgan fingerprint density at radius 1 is 1.24 bits per heavy atom. The molecule has 0 radical (unpaired) electrons. The lowest BCUT2D eigenvalue weighted by Crippen LogP contribution is -2.42. The highest BCUT2D eigenvalue weighted by Crippen LogP contribution is 2.34. The third-order valence-electron chi connectivity index (χ3n) is 3.85. The molecular formula is C14H28N2O. The fourth-order valence-corrected chi connectivity index (χ4v) is 2.47. The molecule has 0 unspecified atom stereocenters. The quantitative estimate of drug-likeness (QED) is 0.755. The topological polar surface area (TPSA) is 23.6 Å². The van der Waals surface area contributed by atoms with Crippen LogP contribution >= 0.6 is 0 Å². The number of piperidine rings is 1. The van der Waals surface area contributed by atoms with E-state index in [1.165, 1.54) is 0 Å². The van der Waals surface area contributed by atoms with Gasteiger partial charge in [-0.3, -0.25) is 4.79 Å². The second-order valence-electron chi connectivity index (χ2n) is 6.57. The Labute approximate surface area is 106 Å². The Hall–Kier alpha value is -0.570. The van der Waals surface area contributed by atoms with Gasteiger partial charge in [0.1, 0.15) is 0 Å². The Morgan fingerprint density at radius 2 is 1.76 bits per heavy atom. The van der Waals surface area contributed by atoms with E-state index in [0.717, 1.165) is 38.4 Å². The Kier molecular flexibility index (Phi) is 4.99. The first-order valence-electron chi connectivity index (χ1n) is 6.73. The number of nitrogens with zero attached hydrogens (tertiary/aromatic N) is 2. The zero-order valence-corrected chi connectivity index (χ0v) is 12.1. The molecule has 0 bridgehead atoms. The van der Waals surface area contributed by atoms with Crippen LogP contribution in [-0.2, 0) is 4.79 Å². The van der Waals surface area contributed by atoms with E-state index >= 15 is 0 Å². The molecule has 1 saturated heterocycles. The molecule has 0 aromatic carbocycles. The Balaban J connectivity index is 2.34. The summed E-state index contributed by atoms with van der Waals surface area (Å²) in [6, 6.07) is 0. The van der Waals surface area contributed by atoms with Crippen LogP contribution in [0.4, 0.5) is 0 Å². The van der Waals surface area contributed by atoms with Gasteiger partial charge in [-0.1, -0.05) is 20.8 Å². The summed E-state index contributed by atoms with van der Waals surface area (Å²) in [4.78, 5) is 16.1. The van der Waals surface area contributed by atoms with E-state index in [1.807, 2.05) is 19.0 Å². The number of hydrogen-bond donors (Lipinski definition) is 0. The zero-order chi connectivity index (χ0) is 13.1. The van der Waals surface area contributed by atoms with Crippen LogP contribution in [0.1, 0.15) is 40.0 Å². The van der Waals surface area contributed by atoms with Crippen LogP contribution in [0.15, 0.2) is 0 Å². The average molecular weight is 240 g/mol. The van der Waals surface area contributed by atoms with Crippen LogP contribution in [0.2, 0.25) is 0 Å². The smallest absolute Gasteiger partial charge is 0.223 e. The SMILES string of the molecule is CN(C)CCC(=O)N1CCC(C(C)(C)C)CC1. The molecule has 0 spiro atoms. The molecule has 1 heterocycles. The maximum atomic E-state index is 12.0. The molecule has 3 heteroatoms. The van der Waals surface area contributed by atoms with Gasteiger partial charge in [-0.25, -0.2) is 0 Å². The van der Waals surface area contributed by atoms with E-state index in [0.29, 0.717) is 17.7 Å². The molecule has 1 amide bonds. The van der Waals surface area contributed by atoms with Gasteiger partial charge in [0, 0.05) is 26.1 Å². The summed E-state index contributed by atoms with van der Waals surface area (Å²) in [5.41, 5.74) is 0.388. The van der Waals surface area contributed by atoms with Crippen molar-refractivity contribution in [2.24, 2.45) is 11.3 Å². The van der Waals surface area contributed by atoms with Crippen molar-refractivity contribution in [3.8, 4) is 0 Å². The standard InChI is InChI=1S/C14H28N2O/c1-14(2,3)12-6-10-16(11-7-12)13(17)8-9-15(4)5/h12H,6-11H2,1-5H3. The third kappa shape index (κ3) is 4.66. The van der Waals surface area contributed by atoms with Crippen molar-refractivity contribution in [1.82, 2.24) is 9.80 Å². The molecule has 0 aromatic heterocycles. The lowest BCUT2D eigenvalue weighted by atomic mass is 9.75. The highest BCUT2D eigenvalue weighted by Gasteiger charge is 2.30. The lowest BCUT2D eigenvalue weighted by Gasteiger charge is -2.38. The van der Waals surface area contributed by atoms with E-state index in [-0.39, 0.29) is 0 Å². The van der Waals surface area contributed by atoms with Crippen molar-refractivity contribution >= 4 is 5.91 Å². The van der Waals surface area contributed by atoms with Crippen molar-refractivity contribution in [2.45, 2.75) is 40.0 Å². The van der Waals surface area contributed by atoms with Crippen LogP contribution in [0.25, 0.3) is 0 Å². The second kappa shape index (κ2) is 5.85. The van der Waals surface area contributed by atoms with Crippen LogP contribution in [0.5, 0.6) is 0 Å². The highest BCUT2D eigenvalue weighted by molar-refractivity contribution is 5.76. The van der Waals surface area contributed by atoms with Crippen molar-refractivity contribution in [3.05, 3.63) is 0 Å².